The highest BCUT2D eigenvalue weighted by Gasteiger charge is 1.79. The number of rotatable bonds is 2. The summed E-state index contributed by atoms with van der Waals surface area (Å²) in [6.45, 7) is 9.57. The van der Waals surface area contributed by atoms with E-state index in [1.54, 1.807) is 0 Å². The third-order valence-electron chi connectivity index (χ3n) is 0.726. The van der Waals surface area contributed by atoms with E-state index < -0.39 is 0 Å². The van der Waals surface area contributed by atoms with Gasteiger partial charge in [-0.05, 0) is 26.8 Å². The quantitative estimate of drug-likeness (QED) is 0.395. The molecule has 0 aromatic heterocycles. The standard InChI is InChI=1S/C8H13N/c1-5-6-8(4)9-7(2)3/h5-6H,4H2,1-3H3/b6-5-. The first-order valence-corrected chi connectivity index (χ1v) is 3.00. The van der Waals surface area contributed by atoms with Gasteiger partial charge in [0.15, 0.2) is 0 Å². The Hall–Kier alpha value is -0.850. The molecule has 50 valence electrons. The third-order valence-corrected chi connectivity index (χ3v) is 0.726. The fraction of sp³-hybridized carbons (Fsp3) is 0.375. The lowest BCUT2D eigenvalue weighted by atomic mass is 10.4. The molecule has 0 heterocycles. The maximum atomic E-state index is 4.10. The summed E-state index contributed by atoms with van der Waals surface area (Å²) in [5, 5.41) is 0. The number of aliphatic imine (C=N–C) groups is 1. The lowest BCUT2D eigenvalue weighted by molar-refractivity contribution is 1.39. The van der Waals surface area contributed by atoms with Gasteiger partial charge < -0.3 is 0 Å². The van der Waals surface area contributed by atoms with Crippen LogP contribution in [-0.2, 0) is 0 Å². The first kappa shape index (κ1) is 8.15. The molecule has 0 aromatic rings. The first-order chi connectivity index (χ1) is 4.16. The molecule has 0 saturated heterocycles. The Bertz CT molecular complexity index is 148. The summed E-state index contributed by atoms with van der Waals surface area (Å²) in [6, 6.07) is 0. The van der Waals surface area contributed by atoms with E-state index in [9.17, 15) is 0 Å². The molecular weight excluding hydrogens is 110 g/mol. The second kappa shape index (κ2) is 4.07. The van der Waals surface area contributed by atoms with E-state index in [0.29, 0.717) is 0 Å². The van der Waals surface area contributed by atoms with Crippen LogP contribution in [-0.4, -0.2) is 5.71 Å². The third kappa shape index (κ3) is 5.01. The van der Waals surface area contributed by atoms with E-state index >= 15 is 0 Å². The van der Waals surface area contributed by atoms with E-state index in [1.165, 1.54) is 0 Å². The van der Waals surface area contributed by atoms with Crippen molar-refractivity contribution in [2.75, 3.05) is 0 Å². The number of allylic oxidation sites excluding steroid dienone is 2. The molecule has 0 amide bonds. The predicted molar refractivity (Wildman–Crippen MR) is 42.7 cm³/mol. The summed E-state index contributed by atoms with van der Waals surface area (Å²) in [5.41, 5.74) is 1.86. The van der Waals surface area contributed by atoms with Crippen LogP contribution in [0.5, 0.6) is 0 Å². The summed E-state index contributed by atoms with van der Waals surface area (Å²) in [7, 11) is 0. The molecule has 9 heavy (non-hydrogen) atoms. The fourth-order valence-corrected chi connectivity index (χ4v) is 0.517. The van der Waals surface area contributed by atoms with Crippen LogP contribution >= 0.6 is 0 Å². The molecule has 0 spiro atoms. The monoisotopic (exact) mass is 123 g/mol. The number of hydrogen-bond acceptors (Lipinski definition) is 1. The zero-order chi connectivity index (χ0) is 7.28. The van der Waals surface area contributed by atoms with E-state index in [1.807, 2.05) is 32.9 Å². The van der Waals surface area contributed by atoms with E-state index in [2.05, 4.69) is 11.6 Å². The molecule has 0 fully saturated rings. The van der Waals surface area contributed by atoms with Crippen molar-refractivity contribution >= 4 is 5.71 Å². The van der Waals surface area contributed by atoms with Crippen molar-refractivity contribution in [3.63, 3.8) is 0 Å². The van der Waals surface area contributed by atoms with Crippen LogP contribution in [0.1, 0.15) is 20.8 Å². The van der Waals surface area contributed by atoms with Gasteiger partial charge in [0.1, 0.15) is 0 Å². The van der Waals surface area contributed by atoms with Crippen LogP contribution in [0.25, 0.3) is 0 Å². The molecule has 0 bridgehead atoms. The first-order valence-electron chi connectivity index (χ1n) is 3.00. The molecule has 0 aliphatic rings. The summed E-state index contributed by atoms with van der Waals surface area (Å²) in [6.07, 6.45) is 3.81. The van der Waals surface area contributed by atoms with Crippen LogP contribution < -0.4 is 0 Å². The topological polar surface area (TPSA) is 12.4 Å². The highest BCUT2D eigenvalue weighted by atomic mass is 14.7. The second-order valence-corrected chi connectivity index (χ2v) is 2.05. The van der Waals surface area contributed by atoms with E-state index in [-0.39, 0.29) is 0 Å². The van der Waals surface area contributed by atoms with Gasteiger partial charge in [-0.1, -0.05) is 12.7 Å². The average Bonchev–Trinajstić information content (AvgIpc) is 1.63. The molecule has 1 nitrogen and oxygen atoms in total. The van der Waals surface area contributed by atoms with Crippen molar-refractivity contribution in [2.45, 2.75) is 20.8 Å². The Kier molecular flexibility index (Phi) is 3.69. The molecule has 0 rings (SSSR count). The lowest BCUT2D eigenvalue weighted by Gasteiger charge is -1.89. The van der Waals surface area contributed by atoms with Crippen LogP contribution in [0.4, 0.5) is 0 Å². The van der Waals surface area contributed by atoms with Crippen LogP contribution in [0.2, 0.25) is 0 Å². The Balaban J connectivity index is 3.93. The minimum absolute atomic E-state index is 0.817. The van der Waals surface area contributed by atoms with Crippen molar-refractivity contribution in [1.29, 1.82) is 0 Å². The molecular formula is C8H13N. The molecule has 0 N–H and O–H groups in total. The molecule has 0 unspecified atom stereocenters. The Labute approximate surface area is 56.8 Å². The SMILES string of the molecule is C=C(/C=C\C)N=C(C)C. The molecule has 0 aromatic carbocycles. The van der Waals surface area contributed by atoms with Crippen molar-refractivity contribution in [1.82, 2.24) is 0 Å². The molecule has 0 aliphatic heterocycles. The van der Waals surface area contributed by atoms with Crippen LogP contribution in [0.15, 0.2) is 29.4 Å². The van der Waals surface area contributed by atoms with Gasteiger partial charge in [-0.2, -0.15) is 0 Å². The summed E-state index contributed by atoms with van der Waals surface area (Å²) in [4.78, 5) is 4.10. The van der Waals surface area contributed by atoms with Gasteiger partial charge in [0, 0.05) is 5.71 Å². The highest BCUT2D eigenvalue weighted by molar-refractivity contribution is 5.80. The fourth-order valence-electron chi connectivity index (χ4n) is 0.517. The van der Waals surface area contributed by atoms with E-state index in [0.717, 1.165) is 11.4 Å². The van der Waals surface area contributed by atoms with Gasteiger partial charge >= 0.3 is 0 Å². The van der Waals surface area contributed by atoms with Crippen LogP contribution in [0.3, 0.4) is 0 Å². The normalized spacial score (nSPS) is 9.67. The number of hydrogen-bond donors (Lipinski definition) is 0. The maximum absolute atomic E-state index is 4.10. The zero-order valence-electron chi connectivity index (χ0n) is 6.31. The van der Waals surface area contributed by atoms with Gasteiger partial charge in [-0.15, -0.1) is 0 Å². The minimum atomic E-state index is 0.817. The maximum Gasteiger partial charge on any atom is 0.0553 e. The molecule has 0 atom stereocenters. The van der Waals surface area contributed by atoms with Crippen molar-refractivity contribution < 1.29 is 0 Å². The van der Waals surface area contributed by atoms with Gasteiger partial charge in [0.05, 0.1) is 5.70 Å². The second-order valence-electron chi connectivity index (χ2n) is 2.05. The lowest BCUT2D eigenvalue weighted by Crippen LogP contribution is -1.79. The van der Waals surface area contributed by atoms with Crippen molar-refractivity contribution in [3.8, 4) is 0 Å². The average molecular weight is 123 g/mol. The smallest absolute Gasteiger partial charge is 0.0553 e. The summed E-state index contributed by atoms with van der Waals surface area (Å²) >= 11 is 0. The van der Waals surface area contributed by atoms with Crippen LogP contribution in [0, 0.1) is 0 Å². The molecule has 0 saturated carbocycles. The Morgan fingerprint density at radius 3 is 2.33 bits per heavy atom. The van der Waals surface area contributed by atoms with Gasteiger partial charge in [0.2, 0.25) is 0 Å². The molecule has 0 radical (unpaired) electrons. The van der Waals surface area contributed by atoms with Gasteiger partial charge in [-0.25, -0.2) is 0 Å². The molecule has 0 aliphatic carbocycles. The predicted octanol–water partition coefficient (Wildman–Crippen LogP) is 2.56. The highest BCUT2D eigenvalue weighted by Crippen LogP contribution is 1.94. The summed E-state index contributed by atoms with van der Waals surface area (Å²) < 4.78 is 0. The van der Waals surface area contributed by atoms with Gasteiger partial charge in [-0.3, -0.25) is 4.99 Å². The van der Waals surface area contributed by atoms with Gasteiger partial charge in [0.25, 0.3) is 0 Å². The number of nitrogens with zero attached hydrogens (tertiary/aromatic N) is 1. The minimum Gasteiger partial charge on any atom is -0.259 e. The zero-order valence-corrected chi connectivity index (χ0v) is 6.31. The van der Waals surface area contributed by atoms with E-state index in [4.69, 9.17) is 0 Å². The Morgan fingerprint density at radius 1 is 1.44 bits per heavy atom. The Morgan fingerprint density at radius 2 is 2.00 bits per heavy atom. The summed E-state index contributed by atoms with van der Waals surface area (Å²) in [5.74, 6) is 0. The molecule has 1 heteroatoms. The van der Waals surface area contributed by atoms with Crippen molar-refractivity contribution in [2.24, 2.45) is 4.99 Å². The van der Waals surface area contributed by atoms with Crippen molar-refractivity contribution in [3.05, 3.63) is 24.4 Å². The largest absolute Gasteiger partial charge is 0.259 e.